The SMILES string of the molecule is CC(=O)O[C@@H]1[C@@H](O)[C@H](ON(C(C)=O)c2ccccc2)O[C@H](CO)[C@H]1O. The quantitative estimate of drug-likeness (QED) is 0.470. The first-order valence-electron chi connectivity index (χ1n) is 7.67. The van der Waals surface area contributed by atoms with Crippen molar-refractivity contribution in [2.75, 3.05) is 11.7 Å². The molecule has 9 nitrogen and oxygen atoms in total. The lowest BCUT2D eigenvalue weighted by Gasteiger charge is -2.42. The molecule has 138 valence electrons. The van der Waals surface area contributed by atoms with Gasteiger partial charge < -0.3 is 24.8 Å². The zero-order valence-electron chi connectivity index (χ0n) is 13.8. The smallest absolute Gasteiger partial charge is 0.303 e. The Kier molecular flexibility index (Phi) is 6.45. The van der Waals surface area contributed by atoms with Crippen molar-refractivity contribution in [3.05, 3.63) is 30.3 Å². The average molecular weight is 355 g/mol. The van der Waals surface area contributed by atoms with Crippen molar-refractivity contribution in [2.24, 2.45) is 0 Å². The molecule has 0 saturated carbocycles. The summed E-state index contributed by atoms with van der Waals surface area (Å²) in [6, 6.07) is 8.35. The number of amides is 1. The third-order valence-electron chi connectivity index (χ3n) is 3.61. The molecule has 9 heteroatoms. The molecule has 0 bridgehead atoms. The minimum atomic E-state index is -1.58. The Morgan fingerprint density at radius 1 is 1.16 bits per heavy atom. The second kappa shape index (κ2) is 8.37. The van der Waals surface area contributed by atoms with E-state index in [2.05, 4.69) is 0 Å². The molecule has 0 unspecified atom stereocenters. The number of benzene rings is 1. The minimum Gasteiger partial charge on any atom is -0.457 e. The van der Waals surface area contributed by atoms with Crippen LogP contribution in [0.3, 0.4) is 0 Å². The van der Waals surface area contributed by atoms with E-state index in [0.717, 1.165) is 12.0 Å². The minimum absolute atomic E-state index is 0.390. The molecule has 1 aliphatic heterocycles. The van der Waals surface area contributed by atoms with Gasteiger partial charge in [0, 0.05) is 13.8 Å². The molecule has 1 amide bonds. The van der Waals surface area contributed by atoms with Crippen molar-refractivity contribution in [1.29, 1.82) is 0 Å². The Bertz CT molecular complexity index is 595. The second-order valence-corrected chi connectivity index (χ2v) is 5.54. The molecule has 0 radical (unpaired) electrons. The van der Waals surface area contributed by atoms with Gasteiger partial charge in [0.25, 0.3) is 0 Å². The standard InChI is InChI=1S/C16H21NO8/c1-9(19)17(11-6-4-3-5-7-11)25-16-14(22)15(23-10(2)20)13(21)12(8-18)24-16/h3-7,12-16,18,21-22H,8H2,1-2H3/t12-,13-,14-,15+,16+/m1/s1. The average Bonchev–Trinajstić information content (AvgIpc) is 2.58. The number of nitrogens with zero attached hydrogens (tertiary/aromatic N) is 1. The Morgan fingerprint density at radius 2 is 1.80 bits per heavy atom. The van der Waals surface area contributed by atoms with Crippen LogP contribution in [0.2, 0.25) is 0 Å². The van der Waals surface area contributed by atoms with Crippen molar-refractivity contribution in [3.63, 3.8) is 0 Å². The molecule has 1 aliphatic rings. The summed E-state index contributed by atoms with van der Waals surface area (Å²) in [5.41, 5.74) is 0.390. The zero-order valence-corrected chi connectivity index (χ0v) is 13.8. The van der Waals surface area contributed by atoms with Gasteiger partial charge in [0.15, 0.2) is 6.10 Å². The number of aliphatic hydroxyl groups excluding tert-OH is 3. The van der Waals surface area contributed by atoms with Crippen LogP contribution in [-0.4, -0.2) is 64.5 Å². The van der Waals surface area contributed by atoms with Crippen molar-refractivity contribution in [2.45, 2.75) is 44.6 Å². The summed E-state index contributed by atoms with van der Waals surface area (Å²) in [6.45, 7) is 1.77. The second-order valence-electron chi connectivity index (χ2n) is 5.54. The Morgan fingerprint density at radius 3 is 2.32 bits per heavy atom. The molecule has 1 aromatic rings. The maximum absolute atomic E-state index is 11.9. The van der Waals surface area contributed by atoms with Crippen LogP contribution in [0.1, 0.15) is 13.8 Å². The summed E-state index contributed by atoms with van der Waals surface area (Å²) in [5, 5.41) is 30.6. The van der Waals surface area contributed by atoms with E-state index < -0.39 is 49.2 Å². The Balaban J connectivity index is 2.23. The van der Waals surface area contributed by atoms with Crippen molar-refractivity contribution < 1.29 is 39.2 Å². The van der Waals surface area contributed by atoms with Crippen molar-refractivity contribution in [3.8, 4) is 0 Å². The first kappa shape index (κ1) is 19.3. The van der Waals surface area contributed by atoms with E-state index in [-0.39, 0.29) is 0 Å². The third kappa shape index (κ3) is 4.53. The number of hydrogen-bond acceptors (Lipinski definition) is 8. The Labute approximate surface area is 144 Å². The van der Waals surface area contributed by atoms with Crippen LogP contribution in [0.25, 0.3) is 0 Å². The summed E-state index contributed by atoms with van der Waals surface area (Å²) in [7, 11) is 0. The molecule has 2 rings (SSSR count). The number of rotatable bonds is 5. The molecular weight excluding hydrogens is 334 g/mol. The number of ether oxygens (including phenoxy) is 2. The van der Waals surface area contributed by atoms with Gasteiger partial charge in [-0.3, -0.25) is 9.59 Å². The first-order chi connectivity index (χ1) is 11.8. The van der Waals surface area contributed by atoms with E-state index in [1.807, 2.05) is 0 Å². The van der Waals surface area contributed by atoms with E-state index in [9.17, 15) is 24.9 Å². The molecule has 1 saturated heterocycles. The number of esters is 1. The predicted octanol–water partition coefficient (Wildman–Crippen LogP) is -0.658. The highest BCUT2D eigenvalue weighted by Crippen LogP contribution is 2.27. The van der Waals surface area contributed by atoms with Gasteiger partial charge in [-0.15, -0.1) is 0 Å². The lowest BCUT2D eigenvalue weighted by molar-refractivity contribution is -0.304. The lowest BCUT2D eigenvalue weighted by Crippen LogP contribution is -2.61. The van der Waals surface area contributed by atoms with Gasteiger partial charge >= 0.3 is 5.97 Å². The predicted molar refractivity (Wildman–Crippen MR) is 84.0 cm³/mol. The molecule has 0 spiro atoms. The fourth-order valence-corrected chi connectivity index (χ4v) is 2.46. The largest absolute Gasteiger partial charge is 0.457 e. The van der Waals surface area contributed by atoms with E-state index in [4.69, 9.17) is 14.3 Å². The van der Waals surface area contributed by atoms with Gasteiger partial charge in [0.2, 0.25) is 12.2 Å². The number of carbonyl (C=O) groups is 2. The van der Waals surface area contributed by atoms with Gasteiger partial charge in [0.05, 0.1) is 12.3 Å². The number of hydrogen-bond donors (Lipinski definition) is 3. The molecule has 1 aromatic carbocycles. The molecule has 1 heterocycles. The Hall–Kier alpha value is -2.04. The fraction of sp³-hybridized carbons (Fsp3) is 0.500. The van der Waals surface area contributed by atoms with E-state index >= 15 is 0 Å². The number of carbonyl (C=O) groups excluding carboxylic acids is 2. The lowest BCUT2D eigenvalue weighted by atomic mass is 9.99. The molecular formula is C16H21NO8. The van der Waals surface area contributed by atoms with Gasteiger partial charge in [0.1, 0.15) is 18.3 Å². The summed E-state index contributed by atoms with van der Waals surface area (Å²) in [4.78, 5) is 28.5. The van der Waals surface area contributed by atoms with E-state index in [0.29, 0.717) is 5.69 Å². The highest BCUT2D eigenvalue weighted by Gasteiger charge is 2.48. The number of anilines is 1. The molecule has 3 N–H and O–H groups in total. The topological polar surface area (TPSA) is 126 Å². The van der Waals surface area contributed by atoms with Crippen LogP contribution in [0.5, 0.6) is 0 Å². The number of para-hydroxylation sites is 1. The van der Waals surface area contributed by atoms with Crippen LogP contribution >= 0.6 is 0 Å². The van der Waals surface area contributed by atoms with Gasteiger partial charge in [-0.05, 0) is 12.1 Å². The number of aliphatic hydroxyl groups is 3. The van der Waals surface area contributed by atoms with E-state index in [1.165, 1.54) is 6.92 Å². The van der Waals surface area contributed by atoms with Crippen molar-refractivity contribution >= 4 is 17.6 Å². The highest BCUT2D eigenvalue weighted by atomic mass is 16.8. The monoisotopic (exact) mass is 355 g/mol. The fourth-order valence-electron chi connectivity index (χ4n) is 2.46. The molecule has 1 fully saturated rings. The van der Waals surface area contributed by atoms with Crippen LogP contribution in [0, 0.1) is 0 Å². The molecule has 5 atom stereocenters. The highest BCUT2D eigenvalue weighted by molar-refractivity contribution is 5.89. The van der Waals surface area contributed by atoms with Crippen LogP contribution in [0.15, 0.2) is 30.3 Å². The van der Waals surface area contributed by atoms with Crippen LogP contribution in [0.4, 0.5) is 5.69 Å². The van der Waals surface area contributed by atoms with Gasteiger partial charge in [-0.2, -0.15) is 5.06 Å². The van der Waals surface area contributed by atoms with Crippen molar-refractivity contribution in [1.82, 2.24) is 0 Å². The maximum atomic E-state index is 11.9. The first-order valence-corrected chi connectivity index (χ1v) is 7.67. The summed E-state index contributed by atoms with van der Waals surface area (Å²) >= 11 is 0. The summed E-state index contributed by atoms with van der Waals surface area (Å²) in [5.74, 6) is -1.22. The van der Waals surface area contributed by atoms with Gasteiger partial charge in [-0.25, -0.2) is 4.84 Å². The van der Waals surface area contributed by atoms with Crippen LogP contribution in [-0.2, 0) is 23.9 Å². The molecule has 0 aliphatic carbocycles. The third-order valence-corrected chi connectivity index (χ3v) is 3.61. The van der Waals surface area contributed by atoms with Crippen LogP contribution < -0.4 is 5.06 Å². The summed E-state index contributed by atoms with van der Waals surface area (Å²) < 4.78 is 10.2. The normalized spacial score (nSPS) is 29.1. The molecule has 25 heavy (non-hydrogen) atoms. The van der Waals surface area contributed by atoms with Gasteiger partial charge in [-0.1, -0.05) is 18.2 Å². The van der Waals surface area contributed by atoms with E-state index in [1.54, 1.807) is 30.3 Å². The maximum Gasteiger partial charge on any atom is 0.303 e. The zero-order chi connectivity index (χ0) is 18.6. The molecule has 0 aromatic heterocycles. The summed E-state index contributed by atoms with van der Waals surface area (Å²) in [6.07, 6.45) is -7.02. The number of hydroxylamine groups is 1.